The van der Waals surface area contributed by atoms with Gasteiger partial charge < -0.3 is 4.74 Å². The van der Waals surface area contributed by atoms with Gasteiger partial charge in [0.15, 0.2) is 0 Å². The van der Waals surface area contributed by atoms with Gasteiger partial charge in [0, 0.05) is 25.2 Å². The van der Waals surface area contributed by atoms with Crippen LogP contribution in [0.2, 0.25) is 0 Å². The fraction of sp³-hybridized carbons (Fsp3) is 0.800. The second kappa shape index (κ2) is 4.29. The molecule has 100 valence electrons. The molecule has 2 fully saturated rings. The minimum atomic E-state index is -3.80. The highest BCUT2D eigenvalue weighted by Gasteiger charge is 2.35. The second-order valence-electron chi connectivity index (χ2n) is 4.87. The molecule has 1 aromatic heterocycles. The average molecular weight is 272 g/mol. The van der Waals surface area contributed by atoms with Crippen LogP contribution in [0.15, 0.2) is 5.16 Å². The Kier molecular flexibility index (Phi) is 2.87. The van der Waals surface area contributed by atoms with E-state index in [4.69, 9.17) is 9.88 Å². The van der Waals surface area contributed by atoms with E-state index in [1.54, 1.807) is 4.57 Å². The molecule has 0 bridgehead atoms. The zero-order valence-electron chi connectivity index (χ0n) is 9.95. The van der Waals surface area contributed by atoms with E-state index in [1.807, 2.05) is 0 Å². The molecular weight excluding hydrogens is 256 g/mol. The van der Waals surface area contributed by atoms with Gasteiger partial charge in [-0.1, -0.05) is 0 Å². The molecular formula is C10H16N4O3S. The summed E-state index contributed by atoms with van der Waals surface area (Å²) in [5.74, 6) is 0.979. The number of ether oxygens (including phenoxy) is 1. The maximum absolute atomic E-state index is 11.5. The lowest BCUT2D eigenvalue weighted by atomic mass is 9.99. The monoisotopic (exact) mass is 272 g/mol. The maximum Gasteiger partial charge on any atom is 0.273 e. The Morgan fingerprint density at radius 2 is 1.83 bits per heavy atom. The van der Waals surface area contributed by atoms with Crippen LogP contribution in [0.25, 0.3) is 0 Å². The van der Waals surface area contributed by atoms with Crippen molar-refractivity contribution in [1.82, 2.24) is 14.8 Å². The van der Waals surface area contributed by atoms with Gasteiger partial charge >= 0.3 is 0 Å². The molecule has 3 rings (SSSR count). The molecule has 1 aliphatic carbocycles. The van der Waals surface area contributed by atoms with E-state index in [9.17, 15) is 8.42 Å². The fourth-order valence-corrected chi connectivity index (χ4v) is 3.06. The normalized spacial score (nSPS) is 22.3. The Labute approximate surface area is 105 Å². The first-order chi connectivity index (χ1) is 8.57. The van der Waals surface area contributed by atoms with Gasteiger partial charge in [0.1, 0.15) is 5.82 Å². The molecule has 0 aromatic carbocycles. The molecule has 2 aliphatic rings. The van der Waals surface area contributed by atoms with E-state index < -0.39 is 10.0 Å². The van der Waals surface area contributed by atoms with Crippen molar-refractivity contribution in [3.8, 4) is 0 Å². The average Bonchev–Trinajstić information content (AvgIpc) is 3.07. The van der Waals surface area contributed by atoms with Crippen molar-refractivity contribution in [3.63, 3.8) is 0 Å². The molecule has 0 amide bonds. The summed E-state index contributed by atoms with van der Waals surface area (Å²) < 4.78 is 30.1. The third-order valence-corrected chi connectivity index (χ3v) is 4.23. The molecule has 7 nitrogen and oxygen atoms in total. The topological polar surface area (TPSA) is 100 Å². The lowest BCUT2D eigenvalue weighted by molar-refractivity contribution is 0.0826. The number of hydrogen-bond acceptors (Lipinski definition) is 5. The molecule has 0 spiro atoms. The number of nitrogens with two attached hydrogens (primary N) is 1. The van der Waals surface area contributed by atoms with Crippen molar-refractivity contribution < 1.29 is 13.2 Å². The highest BCUT2D eigenvalue weighted by molar-refractivity contribution is 7.89. The number of nitrogens with zero attached hydrogens (tertiary/aromatic N) is 3. The van der Waals surface area contributed by atoms with Crippen LogP contribution in [-0.4, -0.2) is 36.4 Å². The van der Waals surface area contributed by atoms with Crippen LogP contribution in [-0.2, 0) is 14.8 Å². The Morgan fingerprint density at radius 1 is 1.17 bits per heavy atom. The molecule has 2 N–H and O–H groups in total. The van der Waals surface area contributed by atoms with E-state index in [-0.39, 0.29) is 17.1 Å². The molecule has 1 aromatic rings. The minimum Gasteiger partial charge on any atom is -0.381 e. The van der Waals surface area contributed by atoms with E-state index in [0.717, 1.165) is 31.5 Å². The highest BCUT2D eigenvalue weighted by Crippen LogP contribution is 2.40. The van der Waals surface area contributed by atoms with Crippen LogP contribution >= 0.6 is 0 Å². The number of sulfonamides is 1. The maximum atomic E-state index is 11.5. The summed E-state index contributed by atoms with van der Waals surface area (Å²) in [5, 5.41) is 12.9. The molecule has 2 heterocycles. The minimum absolute atomic E-state index is 0.0912. The quantitative estimate of drug-likeness (QED) is 0.844. The summed E-state index contributed by atoms with van der Waals surface area (Å²) in [5.41, 5.74) is 0. The lowest BCUT2D eigenvalue weighted by Crippen LogP contribution is -2.22. The zero-order chi connectivity index (χ0) is 12.8. The molecule has 18 heavy (non-hydrogen) atoms. The first-order valence-electron chi connectivity index (χ1n) is 6.12. The van der Waals surface area contributed by atoms with Gasteiger partial charge in [-0.25, -0.2) is 13.6 Å². The third kappa shape index (κ3) is 2.15. The van der Waals surface area contributed by atoms with E-state index >= 15 is 0 Å². The Hall–Kier alpha value is -0.990. The van der Waals surface area contributed by atoms with Gasteiger partial charge in [0.25, 0.3) is 15.2 Å². The predicted octanol–water partition coefficient (Wildman–Crippen LogP) is 0.154. The first kappa shape index (κ1) is 12.1. The summed E-state index contributed by atoms with van der Waals surface area (Å²) in [7, 11) is -3.80. The van der Waals surface area contributed by atoms with Gasteiger partial charge in [-0.15, -0.1) is 10.2 Å². The van der Waals surface area contributed by atoms with Crippen LogP contribution < -0.4 is 5.14 Å². The van der Waals surface area contributed by atoms with Crippen molar-refractivity contribution in [1.29, 1.82) is 0 Å². The second-order valence-corrected chi connectivity index (χ2v) is 6.33. The van der Waals surface area contributed by atoms with E-state index in [1.165, 1.54) is 0 Å². The Morgan fingerprint density at radius 3 is 2.39 bits per heavy atom. The summed E-state index contributed by atoms with van der Waals surface area (Å²) >= 11 is 0. The lowest BCUT2D eigenvalue weighted by Gasteiger charge is -2.22. The van der Waals surface area contributed by atoms with Gasteiger partial charge in [0.05, 0.1) is 0 Å². The standard InChI is InChI=1S/C10H16N4O3S/c11-18(15,16)10-13-12-9(14(10)8-1-2-8)7-3-5-17-6-4-7/h7-8H,1-6H2,(H2,11,15,16). The molecule has 1 aliphatic heterocycles. The zero-order valence-corrected chi connectivity index (χ0v) is 10.8. The van der Waals surface area contributed by atoms with Gasteiger partial charge in [-0.05, 0) is 25.7 Å². The Bertz CT molecular complexity index is 543. The summed E-state index contributed by atoms with van der Waals surface area (Å²) in [4.78, 5) is 0. The molecule has 1 saturated heterocycles. The van der Waals surface area contributed by atoms with Gasteiger partial charge in [-0.2, -0.15) is 0 Å². The largest absolute Gasteiger partial charge is 0.381 e. The van der Waals surface area contributed by atoms with Crippen molar-refractivity contribution >= 4 is 10.0 Å². The number of hydrogen-bond donors (Lipinski definition) is 1. The molecule has 8 heteroatoms. The molecule has 0 unspecified atom stereocenters. The van der Waals surface area contributed by atoms with Gasteiger partial charge in [0.2, 0.25) is 0 Å². The SMILES string of the molecule is NS(=O)(=O)c1nnc(C2CCOCC2)n1C1CC1. The number of rotatable bonds is 3. The summed E-state index contributed by atoms with van der Waals surface area (Å²) in [6, 6.07) is 0.200. The summed E-state index contributed by atoms with van der Waals surface area (Å²) in [6.07, 6.45) is 3.65. The van der Waals surface area contributed by atoms with Crippen molar-refractivity contribution in [2.75, 3.05) is 13.2 Å². The fourth-order valence-electron chi connectivity index (χ4n) is 2.39. The van der Waals surface area contributed by atoms with Crippen molar-refractivity contribution in [2.45, 2.75) is 42.8 Å². The summed E-state index contributed by atoms with van der Waals surface area (Å²) in [6.45, 7) is 1.37. The third-order valence-electron chi connectivity index (χ3n) is 3.44. The first-order valence-corrected chi connectivity index (χ1v) is 7.67. The van der Waals surface area contributed by atoms with Crippen molar-refractivity contribution in [3.05, 3.63) is 5.82 Å². The van der Waals surface area contributed by atoms with Gasteiger partial charge in [-0.3, -0.25) is 4.57 Å². The Balaban J connectivity index is 2.01. The highest BCUT2D eigenvalue weighted by atomic mass is 32.2. The van der Waals surface area contributed by atoms with Crippen molar-refractivity contribution in [2.24, 2.45) is 5.14 Å². The number of primary sulfonamides is 1. The predicted molar refractivity (Wildman–Crippen MR) is 62.5 cm³/mol. The van der Waals surface area contributed by atoms with E-state index in [2.05, 4.69) is 10.2 Å². The van der Waals surface area contributed by atoms with Crippen LogP contribution in [0.5, 0.6) is 0 Å². The van der Waals surface area contributed by atoms with Crippen LogP contribution in [0, 0.1) is 0 Å². The molecule has 0 radical (unpaired) electrons. The van der Waals surface area contributed by atoms with Crippen LogP contribution in [0.4, 0.5) is 0 Å². The number of aromatic nitrogens is 3. The molecule has 1 saturated carbocycles. The molecule has 0 atom stereocenters. The van der Waals surface area contributed by atoms with Crippen LogP contribution in [0.3, 0.4) is 0 Å². The van der Waals surface area contributed by atoms with Crippen LogP contribution in [0.1, 0.15) is 43.5 Å². The smallest absolute Gasteiger partial charge is 0.273 e. The van der Waals surface area contributed by atoms with E-state index in [0.29, 0.717) is 13.2 Å².